The second-order valence-corrected chi connectivity index (χ2v) is 17.2. The highest BCUT2D eigenvalue weighted by molar-refractivity contribution is 6.23. The first-order valence-corrected chi connectivity index (χ1v) is 21.1. The number of hydrogen-bond donors (Lipinski definition) is 2. The number of pyridine rings is 1. The van der Waals surface area contributed by atoms with Gasteiger partial charge in [0.1, 0.15) is 23.2 Å². The Hall–Kier alpha value is -6.79. The van der Waals surface area contributed by atoms with Gasteiger partial charge in [-0.15, -0.1) is 0 Å². The Morgan fingerprint density at radius 1 is 0.857 bits per heavy atom. The molecular formula is C44H43F3N10O6. The van der Waals surface area contributed by atoms with Crippen molar-refractivity contribution >= 4 is 57.5 Å². The number of carbonyl (C=O) groups is 5. The minimum atomic E-state index is -4.68. The van der Waals surface area contributed by atoms with Crippen molar-refractivity contribution in [3.8, 4) is 5.75 Å². The quantitative estimate of drug-likeness (QED) is 0.181. The van der Waals surface area contributed by atoms with Gasteiger partial charge < -0.3 is 19.9 Å². The van der Waals surface area contributed by atoms with Crippen molar-refractivity contribution < 1.29 is 41.9 Å². The number of ether oxygens (including phenoxy) is 1. The number of rotatable bonds is 8. The van der Waals surface area contributed by atoms with Crippen LogP contribution in [0.15, 0.2) is 67.1 Å². The first kappa shape index (κ1) is 40.3. The van der Waals surface area contributed by atoms with Crippen LogP contribution in [0.2, 0.25) is 0 Å². The minimum absolute atomic E-state index is 0.0717. The molecule has 2 N–H and O–H groups in total. The van der Waals surface area contributed by atoms with E-state index in [9.17, 15) is 37.1 Å². The molecule has 63 heavy (non-hydrogen) atoms. The molecule has 3 aromatic heterocycles. The van der Waals surface area contributed by atoms with Crippen molar-refractivity contribution in [1.82, 2.24) is 34.8 Å². The molecule has 5 aliphatic rings. The van der Waals surface area contributed by atoms with Crippen LogP contribution in [0.3, 0.4) is 0 Å². The molecule has 5 amide bonds. The summed E-state index contributed by atoms with van der Waals surface area (Å²) in [5.41, 5.74) is 2.17. The highest BCUT2D eigenvalue weighted by Crippen LogP contribution is 2.55. The van der Waals surface area contributed by atoms with Crippen molar-refractivity contribution in [2.75, 3.05) is 48.4 Å². The van der Waals surface area contributed by atoms with Crippen LogP contribution in [0.4, 0.5) is 30.2 Å². The largest absolute Gasteiger partial charge is 0.494 e. The number of anilines is 3. The Bertz CT molecular complexity index is 2690. The molecule has 16 nitrogen and oxygen atoms in total. The Labute approximate surface area is 358 Å². The average molecular weight is 865 g/mol. The van der Waals surface area contributed by atoms with Crippen LogP contribution in [0, 0.1) is 5.41 Å². The third-order valence-corrected chi connectivity index (χ3v) is 13.5. The highest BCUT2D eigenvalue weighted by Gasteiger charge is 2.48. The molecule has 1 atom stereocenters. The van der Waals surface area contributed by atoms with Gasteiger partial charge in [0.15, 0.2) is 0 Å². The second kappa shape index (κ2) is 15.2. The number of nitrogens with zero attached hydrogens (tertiary/aromatic N) is 8. The first-order valence-electron chi connectivity index (χ1n) is 21.1. The van der Waals surface area contributed by atoms with Gasteiger partial charge in [0.25, 0.3) is 17.7 Å². The van der Waals surface area contributed by atoms with Gasteiger partial charge >= 0.3 is 6.18 Å². The maximum atomic E-state index is 13.4. The molecule has 0 bridgehead atoms. The van der Waals surface area contributed by atoms with Crippen molar-refractivity contribution in [2.45, 2.75) is 75.7 Å². The standard InChI is InChI=1S/C44H43F3N10O6/c1-63-36-19-33-25(17-34(36)50-39(59)32-3-2-4-37(49-32)44(45,46)47)23-56(52-33)28-20-43(21-28)11-15-54(16-12-43)29-22-48-55(24-29)26-9-13-53(14-10-26)27-5-6-30-31(18-27)42(62)57(41(30)61)35-7-8-38(58)51-40(35)60/h2-6,17-19,22-24,26,28,35H,7-16,20-21H2,1H3,(H,50,59)(H,51,58,60). The van der Waals surface area contributed by atoms with E-state index in [0.29, 0.717) is 17.0 Å². The third-order valence-electron chi connectivity index (χ3n) is 13.5. The molecule has 5 aromatic rings. The SMILES string of the molecule is COc1cc2nn(C3CC4(CCN(c5cnn(C6CCN(c7ccc8c(c7)C(=O)N(C7CCC(=O)NC7=O)C8=O)CC6)c5)CC4)C3)cc2cc1NC(=O)c1cccc(C(F)(F)F)n1. The van der Waals surface area contributed by atoms with Crippen LogP contribution < -0.4 is 25.2 Å². The summed E-state index contributed by atoms with van der Waals surface area (Å²) in [6, 6.07) is 11.3. The minimum Gasteiger partial charge on any atom is -0.494 e. The van der Waals surface area contributed by atoms with E-state index in [-0.39, 0.29) is 47.2 Å². The van der Waals surface area contributed by atoms with E-state index in [1.54, 1.807) is 24.3 Å². The van der Waals surface area contributed by atoms with Gasteiger partial charge in [0, 0.05) is 62.1 Å². The number of halogens is 3. The van der Waals surface area contributed by atoms with Gasteiger partial charge in [-0.05, 0) is 86.8 Å². The number of fused-ring (bicyclic) bond motifs is 2. The van der Waals surface area contributed by atoms with E-state index in [4.69, 9.17) is 14.9 Å². The zero-order chi connectivity index (χ0) is 43.8. The summed E-state index contributed by atoms with van der Waals surface area (Å²) in [7, 11) is 1.45. The first-order chi connectivity index (χ1) is 30.3. The van der Waals surface area contributed by atoms with Gasteiger partial charge in [-0.2, -0.15) is 23.4 Å². The molecule has 3 saturated heterocycles. The van der Waals surface area contributed by atoms with E-state index in [1.807, 2.05) is 23.1 Å². The summed E-state index contributed by atoms with van der Waals surface area (Å²) in [5, 5.41) is 15.2. The van der Waals surface area contributed by atoms with Gasteiger partial charge in [-0.3, -0.25) is 43.6 Å². The summed E-state index contributed by atoms with van der Waals surface area (Å²) in [4.78, 5) is 72.7. The number of amides is 5. The fourth-order valence-electron chi connectivity index (χ4n) is 9.94. The summed E-state index contributed by atoms with van der Waals surface area (Å²) in [6.45, 7) is 3.31. The number of hydrogen-bond acceptors (Lipinski definition) is 11. The Balaban J connectivity index is 0.721. The Morgan fingerprint density at radius 3 is 2.33 bits per heavy atom. The number of benzene rings is 2. The van der Waals surface area contributed by atoms with Crippen molar-refractivity contribution in [1.29, 1.82) is 0 Å². The average Bonchev–Trinajstić information content (AvgIpc) is 3.99. The lowest BCUT2D eigenvalue weighted by atomic mass is 9.60. The summed E-state index contributed by atoms with van der Waals surface area (Å²) in [6.07, 6.45) is 7.29. The third kappa shape index (κ3) is 7.31. The summed E-state index contributed by atoms with van der Waals surface area (Å²) >= 11 is 0. The molecule has 4 fully saturated rings. The fourth-order valence-corrected chi connectivity index (χ4v) is 9.94. The monoisotopic (exact) mass is 864 g/mol. The van der Waals surface area contributed by atoms with E-state index in [1.165, 1.54) is 13.2 Å². The topological polar surface area (TPSA) is 177 Å². The van der Waals surface area contributed by atoms with E-state index in [0.717, 1.165) is 98.5 Å². The number of alkyl halides is 3. The summed E-state index contributed by atoms with van der Waals surface area (Å²) < 4.78 is 49.1. The second-order valence-electron chi connectivity index (χ2n) is 17.2. The van der Waals surface area contributed by atoms with Crippen LogP contribution in [-0.2, 0) is 15.8 Å². The van der Waals surface area contributed by atoms with Crippen LogP contribution in [-0.4, -0.2) is 98.3 Å². The van der Waals surface area contributed by atoms with E-state index in [2.05, 4.69) is 36.3 Å². The number of methoxy groups -OCH3 is 1. The van der Waals surface area contributed by atoms with Gasteiger partial charge in [0.2, 0.25) is 11.8 Å². The fraction of sp³-hybridized carbons (Fsp3) is 0.409. The van der Waals surface area contributed by atoms with Gasteiger partial charge in [-0.1, -0.05) is 6.07 Å². The van der Waals surface area contributed by atoms with Crippen molar-refractivity contribution in [2.24, 2.45) is 5.41 Å². The zero-order valence-corrected chi connectivity index (χ0v) is 34.2. The molecule has 7 heterocycles. The number of aromatic nitrogens is 5. The zero-order valence-electron chi connectivity index (χ0n) is 34.2. The molecular weight excluding hydrogens is 822 g/mol. The van der Waals surface area contributed by atoms with E-state index >= 15 is 0 Å². The number of imide groups is 2. The molecule has 10 rings (SSSR count). The smallest absolute Gasteiger partial charge is 0.433 e. The number of nitrogens with one attached hydrogen (secondary N) is 2. The van der Waals surface area contributed by atoms with Crippen LogP contribution in [0.1, 0.15) is 100 Å². The summed E-state index contributed by atoms with van der Waals surface area (Å²) in [5.74, 6) is -2.52. The molecule has 1 aliphatic carbocycles. The van der Waals surface area contributed by atoms with Gasteiger partial charge in [-0.25, -0.2) is 4.98 Å². The Morgan fingerprint density at radius 2 is 1.60 bits per heavy atom. The molecule has 4 aliphatic heterocycles. The predicted octanol–water partition coefficient (Wildman–Crippen LogP) is 5.77. The number of piperidine rings is 3. The number of carbonyl (C=O) groups excluding carboxylic acids is 5. The highest BCUT2D eigenvalue weighted by atomic mass is 19.4. The maximum absolute atomic E-state index is 13.4. The lowest BCUT2D eigenvalue weighted by Gasteiger charge is -2.52. The maximum Gasteiger partial charge on any atom is 0.433 e. The van der Waals surface area contributed by atoms with Crippen LogP contribution in [0.5, 0.6) is 5.75 Å². The molecule has 1 saturated carbocycles. The predicted molar refractivity (Wildman–Crippen MR) is 221 cm³/mol. The van der Waals surface area contributed by atoms with E-state index < -0.39 is 47.4 Å². The van der Waals surface area contributed by atoms with Gasteiger partial charge in [0.05, 0.1) is 53.4 Å². The Kier molecular flexibility index (Phi) is 9.74. The lowest BCUT2D eigenvalue weighted by Crippen LogP contribution is -2.54. The van der Waals surface area contributed by atoms with Crippen molar-refractivity contribution in [3.05, 3.63) is 89.6 Å². The molecule has 0 radical (unpaired) electrons. The van der Waals surface area contributed by atoms with Crippen LogP contribution >= 0.6 is 0 Å². The molecule has 326 valence electrons. The molecule has 19 heteroatoms. The molecule has 2 aromatic carbocycles. The van der Waals surface area contributed by atoms with Crippen LogP contribution in [0.25, 0.3) is 10.9 Å². The lowest BCUT2D eigenvalue weighted by molar-refractivity contribution is -0.141. The normalized spacial score (nSPS) is 20.6. The molecule has 1 unspecified atom stereocenters. The molecule has 1 spiro atoms. The van der Waals surface area contributed by atoms with Crippen molar-refractivity contribution in [3.63, 3.8) is 0 Å².